The Morgan fingerprint density at radius 2 is 2.33 bits per heavy atom. The molecule has 0 saturated carbocycles. The van der Waals surface area contributed by atoms with Crippen LogP contribution in [0.3, 0.4) is 0 Å². The molecule has 0 aliphatic carbocycles. The maximum Gasteiger partial charge on any atom is 0.337 e. The van der Waals surface area contributed by atoms with E-state index in [2.05, 4.69) is 10.4 Å². The number of aromatic carboxylic acids is 1. The summed E-state index contributed by atoms with van der Waals surface area (Å²) in [5.74, 6) is -0.996. The summed E-state index contributed by atoms with van der Waals surface area (Å²) in [5.41, 5.74) is 6.74. The second kappa shape index (κ2) is 5.22. The number of aromatic nitrogens is 2. The first-order valence-corrected chi connectivity index (χ1v) is 5.51. The molecule has 0 radical (unpaired) electrons. The monoisotopic (exact) mass is 246 g/mol. The van der Waals surface area contributed by atoms with Crippen molar-refractivity contribution >= 4 is 17.3 Å². The molecule has 0 bridgehead atoms. The highest BCUT2D eigenvalue weighted by atomic mass is 16.4. The minimum atomic E-state index is -0.996. The van der Waals surface area contributed by atoms with Crippen LogP contribution in [0.25, 0.3) is 0 Å². The van der Waals surface area contributed by atoms with E-state index in [4.69, 9.17) is 10.8 Å². The topological polar surface area (TPSA) is 93.2 Å². The normalized spacial score (nSPS) is 10.2. The van der Waals surface area contributed by atoms with E-state index in [0.717, 1.165) is 0 Å². The van der Waals surface area contributed by atoms with E-state index in [0.29, 0.717) is 24.5 Å². The Morgan fingerprint density at radius 1 is 1.50 bits per heavy atom. The van der Waals surface area contributed by atoms with Gasteiger partial charge in [-0.1, -0.05) is 0 Å². The number of carboxylic acids is 1. The van der Waals surface area contributed by atoms with E-state index in [1.165, 1.54) is 6.07 Å². The SMILES string of the molecule is Nc1ccc(NCCn2cccn2)c(C(=O)O)c1. The highest BCUT2D eigenvalue weighted by Crippen LogP contribution is 2.18. The number of nitrogens with two attached hydrogens (primary N) is 1. The summed E-state index contributed by atoms with van der Waals surface area (Å²) in [5, 5.41) is 16.2. The summed E-state index contributed by atoms with van der Waals surface area (Å²) in [4.78, 5) is 11.1. The first-order valence-electron chi connectivity index (χ1n) is 5.51. The Bertz CT molecular complexity index is 537. The Labute approximate surface area is 104 Å². The van der Waals surface area contributed by atoms with Gasteiger partial charge < -0.3 is 16.2 Å². The van der Waals surface area contributed by atoms with Crippen molar-refractivity contribution in [3.63, 3.8) is 0 Å². The van der Waals surface area contributed by atoms with Gasteiger partial charge in [-0.3, -0.25) is 4.68 Å². The third-order valence-corrected chi connectivity index (χ3v) is 2.49. The molecule has 2 rings (SSSR count). The largest absolute Gasteiger partial charge is 0.478 e. The van der Waals surface area contributed by atoms with Crippen LogP contribution in [0.4, 0.5) is 11.4 Å². The van der Waals surface area contributed by atoms with Gasteiger partial charge in [0.1, 0.15) is 0 Å². The summed E-state index contributed by atoms with van der Waals surface area (Å²) >= 11 is 0. The lowest BCUT2D eigenvalue weighted by Gasteiger charge is -2.10. The van der Waals surface area contributed by atoms with Crippen molar-refractivity contribution in [2.24, 2.45) is 0 Å². The minimum Gasteiger partial charge on any atom is -0.478 e. The Morgan fingerprint density at radius 3 is 3.00 bits per heavy atom. The standard InChI is InChI=1S/C12H14N4O2/c13-9-2-3-11(10(8-9)12(17)18)14-5-7-16-6-1-4-15-16/h1-4,6,8,14H,5,7,13H2,(H,17,18). The van der Waals surface area contributed by atoms with Gasteiger partial charge in [-0.2, -0.15) is 5.10 Å². The first kappa shape index (κ1) is 12.0. The molecule has 1 aromatic carbocycles. The van der Waals surface area contributed by atoms with Crippen molar-refractivity contribution in [1.29, 1.82) is 0 Å². The molecule has 0 aliphatic rings. The van der Waals surface area contributed by atoms with Crippen LogP contribution in [-0.2, 0) is 6.54 Å². The number of nitrogens with one attached hydrogen (secondary N) is 1. The smallest absolute Gasteiger partial charge is 0.337 e. The maximum absolute atomic E-state index is 11.1. The quantitative estimate of drug-likeness (QED) is 0.691. The third kappa shape index (κ3) is 2.79. The van der Waals surface area contributed by atoms with Crippen LogP contribution >= 0.6 is 0 Å². The molecule has 0 unspecified atom stereocenters. The van der Waals surface area contributed by atoms with Gasteiger partial charge >= 0.3 is 5.97 Å². The summed E-state index contributed by atoms with van der Waals surface area (Å²) in [6, 6.07) is 6.62. The molecule has 6 heteroatoms. The van der Waals surface area contributed by atoms with E-state index in [1.54, 1.807) is 23.0 Å². The fourth-order valence-corrected chi connectivity index (χ4v) is 1.63. The Balaban J connectivity index is 2.02. The molecular formula is C12H14N4O2. The second-order valence-electron chi connectivity index (χ2n) is 3.81. The summed E-state index contributed by atoms with van der Waals surface area (Å²) in [6.07, 6.45) is 3.55. The van der Waals surface area contributed by atoms with Gasteiger partial charge in [-0.25, -0.2) is 4.79 Å². The third-order valence-electron chi connectivity index (χ3n) is 2.49. The van der Waals surface area contributed by atoms with Crippen molar-refractivity contribution in [2.45, 2.75) is 6.54 Å². The lowest BCUT2D eigenvalue weighted by Crippen LogP contribution is -2.13. The van der Waals surface area contributed by atoms with Crippen LogP contribution in [0.1, 0.15) is 10.4 Å². The minimum absolute atomic E-state index is 0.176. The van der Waals surface area contributed by atoms with E-state index in [1.807, 2.05) is 12.3 Å². The van der Waals surface area contributed by atoms with Gasteiger partial charge in [0, 0.05) is 30.3 Å². The van der Waals surface area contributed by atoms with Crippen LogP contribution in [-0.4, -0.2) is 27.4 Å². The van der Waals surface area contributed by atoms with Crippen molar-refractivity contribution in [3.8, 4) is 0 Å². The number of anilines is 2. The van der Waals surface area contributed by atoms with Crippen molar-refractivity contribution in [3.05, 3.63) is 42.2 Å². The molecule has 0 atom stereocenters. The molecule has 0 spiro atoms. The zero-order chi connectivity index (χ0) is 13.0. The summed E-state index contributed by atoms with van der Waals surface area (Å²) in [6.45, 7) is 1.25. The predicted octanol–water partition coefficient (Wildman–Crippen LogP) is 1.28. The number of hydrogen-bond donors (Lipinski definition) is 3. The Hall–Kier alpha value is -2.50. The maximum atomic E-state index is 11.1. The highest BCUT2D eigenvalue weighted by molar-refractivity contribution is 5.95. The fourth-order valence-electron chi connectivity index (χ4n) is 1.63. The molecule has 0 saturated heterocycles. The van der Waals surface area contributed by atoms with E-state index in [-0.39, 0.29) is 5.56 Å². The number of hydrogen-bond acceptors (Lipinski definition) is 4. The van der Waals surface area contributed by atoms with Gasteiger partial charge in [-0.15, -0.1) is 0 Å². The zero-order valence-corrected chi connectivity index (χ0v) is 9.71. The van der Waals surface area contributed by atoms with E-state index < -0.39 is 5.97 Å². The summed E-state index contributed by atoms with van der Waals surface area (Å²) < 4.78 is 1.77. The molecular weight excluding hydrogens is 232 g/mol. The highest BCUT2D eigenvalue weighted by Gasteiger charge is 2.09. The van der Waals surface area contributed by atoms with Crippen LogP contribution in [0.15, 0.2) is 36.7 Å². The number of rotatable bonds is 5. The summed E-state index contributed by atoms with van der Waals surface area (Å²) in [7, 11) is 0. The van der Waals surface area contributed by atoms with Crippen molar-refractivity contribution < 1.29 is 9.90 Å². The van der Waals surface area contributed by atoms with Gasteiger partial charge in [0.25, 0.3) is 0 Å². The lowest BCUT2D eigenvalue weighted by atomic mass is 10.1. The zero-order valence-electron chi connectivity index (χ0n) is 9.71. The van der Waals surface area contributed by atoms with Crippen LogP contribution in [0.2, 0.25) is 0 Å². The molecule has 1 heterocycles. The van der Waals surface area contributed by atoms with Crippen LogP contribution in [0, 0.1) is 0 Å². The molecule has 0 fully saturated rings. The van der Waals surface area contributed by atoms with Crippen LogP contribution < -0.4 is 11.1 Å². The molecule has 94 valence electrons. The van der Waals surface area contributed by atoms with Gasteiger partial charge in [0.15, 0.2) is 0 Å². The van der Waals surface area contributed by atoms with E-state index in [9.17, 15) is 4.79 Å². The predicted molar refractivity (Wildman–Crippen MR) is 68.5 cm³/mol. The number of nitrogen functional groups attached to an aromatic ring is 1. The lowest BCUT2D eigenvalue weighted by molar-refractivity contribution is 0.0698. The first-order chi connectivity index (χ1) is 8.66. The number of benzene rings is 1. The molecule has 0 aliphatic heterocycles. The van der Waals surface area contributed by atoms with Crippen LogP contribution in [0.5, 0.6) is 0 Å². The second-order valence-corrected chi connectivity index (χ2v) is 3.81. The molecule has 2 aromatic rings. The van der Waals surface area contributed by atoms with Crippen molar-refractivity contribution in [1.82, 2.24) is 9.78 Å². The molecule has 0 amide bonds. The number of carbonyl (C=O) groups is 1. The molecule has 6 nitrogen and oxygen atoms in total. The fraction of sp³-hybridized carbons (Fsp3) is 0.167. The van der Waals surface area contributed by atoms with Gasteiger partial charge in [0.05, 0.1) is 12.1 Å². The number of nitrogens with zero attached hydrogens (tertiary/aromatic N) is 2. The molecule has 4 N–H and O–H groups in total. The average Bonchev–Trinajstić information content (AvgIpc) is 2.84. The van der Waals surface area contributed by atoms with Crippen molar-refractivity contribution in [2.75, 3.05) is 17.6 Å². The number of carboxylic acid groups (broad SMARTS) is 1. The van der Waals surface area contributed by atoms with E-state index >= 15 is 0 Å². The Kier molecular flexibility index (Phi) is 3.47. The average molecular weight is 246 g/mol. The van der Waals surface area contributed by atoms with Gasteiger partial charge in [0.2, 0.25) is 0 Å². The molecule has 1 aromatic heterocycles. The molecule has 18 heavy (non-hydrogen) atoms. The van der Waals surface area contributed by atoms with Gasteiger partial charge in [-0.05, 0) is 24.3 Å².